The number of ketones is 1. The number of allylic oxidation sites excluding steroid dienone is 5. The molecule has 1 aliphatic rings. The number of methoxy groups -OCH3 is 1. The number of aromatic nitrogens is 3. The fraction of sp³-hybridized carbons (Fsp3) is 0.130. The van der Waals surface area contributed by atoms with Crippen molar-refractivity contribution in [3.8, 4) is 10.6 Å². The monoisotopic (exact) mass is 432 g/mol. The van der Waals surface area contributed by atoms with Gasteiger partial charge in [-0.15, -0.1) is 6.58 Å². The highest BCUT2D eigenvalue weighted by molar-refractivity contribution is 7.19. The van der Waals surface area contributed by atoms with Gasteiger partial charge in [0.2, 0.25) is 10.7 Å². The first-order valence-corrected chi connectivity index (χ1v) is 10.3. The summed E-state index contributed by atoms with van der Waals surface area (Å²) in [6.07, 6.45) is 6.88. The lowest BCUT2D eigenvalue weighted by molar-refractivity contribution is -0.115. The molecule has 0 saturated carbocycles. The number of benzene rings is 1. The van der Waals surface area contributed by atoms with Gasteiger partial charge in [0, 0.05) is 11.1 Å². The first kappa shape index (κ1) is 20.5. The number of carbonyl (C=O) groups is 1. The number of anilines is 1. The molecule has 1 aliphatic carbocycles. The van der Waals surface area contributed by atoms with Crippen molar-refractivity contribution in [1.82, 2.24) is 14.6 Å². The first-order valence-electron chi connectivity index (χ1n) is 9.51. The second-order valence-corrected chi connectivity index (χ2v) is 7.99. The highest BCUT2D eigenvalue weighted by Crippen LogP contribution is 2.28. The van der Waals surface area contributed by atoms with Crippen LogP contribution < -0.4 is 11.3 Å². The number of carbonyl (C=O) groups excluding carboxylic acids is 1. The number of rotatable bonds is 5. The van der Waals surface area contributed by atoms with Crippen LogP contribution >= 0.6 is 11.3 Å². The summed E-state index contributed by atoms with van der Waals surface area (Å²) >= 11 is 1.29. The van der Waals surface area contributed by atoms with Crippen LogP contribution in [0, 0.1) is 6.92 Å². The predicted octanol–water partition coefficient (Wildman–Crippen LogP) is 3.71. The smallest absolute Gasteiger partial charge is 0.283 e. The maximum atomic E-state index is 12.7. The number of nitrogens with zero attached hydrogens (tertiary/aromatic N) is 3. The first-order chi connectivity index (χ1) is 14.9. The fourth-order valence-electron chi connectivity index (χ4n) is 3.30. The number of Topliss-reactive ketones (excluding diaryl/α,β-unsaturated/α-hetero) is 1. The summed E-state index contributed by atoms with van der Waals surface area (Å²) in [6, 6.07) is 7.91. The molecule has 0 amide bonds. The quantitative estimate of drug-likeness (QED) is 0.617. The van der Waals surface area contributed by atoms with Gasteiger partial charge in [-0.1, -0.05) is 41.2 Å². The van der Waals surface area contributed by atoms with Gasteiger partial charge in [-0.2, -0.15) is 14.6 Å². The van der Waals surface area contributed by atoms with Gasteiger partial charge in [-0.05, 0) is 43.2 Å². The van der Waals surface area contributed by atoms with E-state index in [0.29, 0.717) is 27.5 Å². The standard InChI is InChI=1S/C23H20N4O3S/c1-4-6-15-10-14(12-18(30-3)19(15)28)11-17-20(24)27-23(25-21(17)29)31-22(26-27)16-8-5-7-13(2)9-16/h4-5,7-12H,1,6,24H2,2-3H3/b14-11+. The Kier molecular flexibility index (Phi) is 5.39. The van der Waals surface area contributed by atoms with Crippen LogP contribution in [-0.4, -0.2) is 27.5 Å². The molecule has 0 atom stereocenters. The Morgan fingerprint density at radius 2 is 2.10 bits per heavy atom. The minimum Gasteiger partial charge on any atom is -0.493 e. The summed E-state index contributed by atoms with van der Waals surface area (Å²) in [4.78, 5) is 29.7. The molecule has 1 aromatic carbocycles. The molecule has 2 N–H and O–H groups in total. The predicted molar refractivity (Wildman–Crippen MR) is 123 cm³/mol. The van der Waals surface area contributed by atoms with Gasteiger partial charge >= 0.3 is 0 Å². The number of ether oxygens (including phenoxy) is 1. The van der Waals surface area contributed by atoms with Crippen LogP contribution in [-0.2, 0) is 9.53 Å². The van der Waals surface area contributed by atoms with Crippen LogP contribution in [0.15, 0.2) is 70.8 Å². The SMILES string of the molecule is C=CCC1=C/C(=C\c2c(N)n3nc(-c4cccc(C)c4)sc3nc2=O)C=C(OC)C1=O. The zero-order valence-electron chi connectivity index (χ0n) is 17.1. The van der Waals surface area contributed by atoms with Crippen molar-refractivity contribution in [2.75, 3.05) is 12.8 Å². The van der Waals surface area contributed by atoms with Crippen LogP contribution in [0.2, 0.25) is 0 Å². The van der Waals surface area contributed by atoms with Crippen molar-refractivity contribution in [3.63, 3.8) is 0 Å². The van der Waals surface area contributed by atoms with E-state index >= 15 is 0 Å². The molecule has 0 aliphatic heterocycles. The molecule has 31 heavy (non-hydrogen) atoms. The van der Waals surface area contributed by atoms with Gasteiger partial charge in [0.25, 0.3) is 5.56 Å². The molecule has 156 valence electrons. The van der Waals surface area contributed by atoms with E-state index in [1.165, 1.54) is 23.0 Å². The van der Waals surface area contributed by atoms with Crippen LogP contribution in [0.3, 0.4) is 0 Å². The van der Waals surface area contributed by atoms with Crippen LogP contribution in [0.25, 0.3) is 21.6 Å². The van der Waals surface area contributed by atoms with Gasteiger partial charge < -0.3 is 10.5 Å². The summed E-state index contributed by atoms with van der Waals surface area (Å²) in [5.41, 5.74) is 9.20. The second-order valence-electron chi connectivity index (χ2n) is 7.04. The lowest BCUT2D eigenvalue weighted by atomic mass is 9.95. The topological polar surface area (TPSA) is 99.6 Å². The largest absolute Gasteiger partial charge is 0.493 e. The maximum Gasteiger partial charge on any atom is 0.283 e. The van der Waals surface area contributed by atoms with E-state index in [2.05, 4.69) is 16.7 Å². The zero-order valence-corrected chi connectivity index (χ0v) is 17.9. The third-order valence-corrected chi connectivity index (χ3v) is 5.76. The Hall–Kier alpha value is -3.78. The Bertz CT molecular complexity index is 1380. The highest BCUT2D eigenvalue weighted by atomic mass is 32.1. The molecule has 0 bridgehead atoms. The van der Waals surface area contributed by atoms with Crippen LogP contribution in [0.1, 0.15) is 17.5 Å². The molecule has 8 heteroatoms. The van der Waals surface area contributed by atoms with Crippen molar-refractivity contribution in [3.05, 3.63) is 87.5 Å². The highest BCUT2D eigenvalue weighted by Gasteiger charge is 2.21. The summed E-state index contributed by atoms with van der Waals surface area (Å²) in [6.45, 7) is 5.68. The average Bonchev–Trinajstić information content (AvgIpc) is 3.17. The van der Waals surface area contributed by atoms with Gasteiger partial charge in [0.15, 0.2) is 5.76 Å². The van der Waals surface area contributed by atoms with E-state index in [1.807, 2.05) is 31.2 Å². The molecule has 0 fully saturated rings. The number of nitrogens with two attached hydrogens (primary N) is 1. The number of hydrogen-bond acceptors (Lipinski definition) is 7. The molecule has 0 unspecified atom stereocenters. The fourth-order valence-corrected chi connectivity index (χ4v) is 4.20. The lowest BCUT2D eigenvalue weighted by Crippen LogP contribution is -2.17. The molecule has 2 aromatic heterocycles. The van der Waals surface area contributed by atoms with Gasteiger partial charge in [0.1, 0.15) is 10.8 Å². The summed E-state index contributed by atoms with van der Waals surface area (Å²) in [5.74, 6) is 0.161. The Morgan fingerprint density at radius 3 is 2.81 bits per heavy atom. The van der Waals surface area contributed by atoms with Crippen LogP contribution in [0.5, 0.6) is 0 Å². The summed E-state index contributed by atoms with van der Waals surface area (Å²) in [7, 11) is 1.43. The van der Waals surface area contributed by atoms with Crippen molar-refractivity contribution < 1.29 is 9.53 Å². The molecule has 0 radical (unpaired) electrons. The molecule has 4 rings (SSSR count). The van der Waals surface area contributed by atoms with Crippen LogP contribution in [0.4, 0.5) is 5.82 Å². The van der Waals surface area contributed by atoms with Gasteiger partial charge in [0.05, 0.1) is 12.7 Å². The minimum atomic E-state index is -0.465. The lowest BCUT2D eigenvalue weighted by Gasteiger charge is -2.14. The third-order valence-electron chi connectivity index (χ3n) is 4.81. The number of nitrogen functional groups attached to an aromatic ring is 1. The van der Waals surface area contributed by atoms with Crippen molar-refractivity contribution >= 4 is 34.0 Å². The summed E-state index contributed by atoms with van der Waals surface area (Å²) < 4.78 is 6.67. The van der Waals surface area contributed by atoms with E-state index in [1.54, 1.807) is 24.3 Å². The molecule has 0 saturated heterocycles. The number of hydrogen-bond donors (Lipinski definition) is 1. The maximum absolute atomic E-state index is 12.7. The molecular weight excluding hydrogens is 412 g/mol. The second kappa shape index (κ2) is 8.16. The number of aryl methyl sites for hydroxylation is 1. The van der Waals surface area contributed by atoms with E-state index in [4.69, 9.17) is 10.5 Å². The van der Waals surface area contributed by atoms with E-state index < -0.39 is 5.56 Å². The molecule has 7 nitrogen and oxygen atoms in total. The minimum absolute atomic E-state index is 0.181. The van der Waals surface area contributed by atoms with E-state index in [-0.39, 0.29) is 22.9 Å². The summed E-state index contributed by atoms with van der Waals surface area (Å²) in [5, 5.41) is 5.28. The average molecular weight is 433 g/mol. The van der Waals surface area contributed by atoms with Crippen molar-refractivity contribution in [2.24, 2.45) is 0 Å². The molecule has 3 aromatic rings. The molecule has 0 spiro atoms. The number of fused-ring (bicyclic) bond motifs is 1. The molecular formula is C23H20N4O3S. The Morgan fingerprint density at radius 1 is 1.29 bits per heavy atom. The third kappa shape index (κ3) is 3.85. The zero-order chi connectivity index (χ0) is 22.1. The van der Waals surface area contributed by atoms with Gasteiger partial charge in [-0.25, -0.2) is 0 Å². The Balaban J connectivity index is 1.84. The normalized spacial score (nSPS) is 15.2. The van der Waals surface area contributed by atoms with E-state index in [0.717, 1.165) is 11.1 Å². The van der Waals surface area contributed by atoms with E-state index in [9.17, 15) is 9.59 Å². The van der Waals surface area contributed by atoms with Gasteiger partial charge in [-0.3, -0.25) is 9.59 Å². The van der Waals surface area contributed by atoms with Crippen molar-refractivity contribution in [2.45, 2.75) is 13.3 Å². The molecule has 2 heterocycles. The van der Waals surface area contributed by atoms with Crippen molar-refractivity contribution in [1.29, 1.82) is 0 Å². The Labute approximate surface area is 182 Å².